The third-order valence-electron chi connectivity index (χ3n) is 5.99. The number of hydrogen-bond donors (Lipinski definition) is 2. The minimum absolute atomic E-state index is 0.0868. The van der Waals surface area contributed by atoms with Gasteiger partial charge >= 0.3 is 0 Å². The van der Waals surface area contributed by atoms with Gasteiger partial charge in [-0.15, -0.1) is 11.3 Å². The fourth-order valence-electron chi connectivity index (χ4n) is 4.32. The second-order valence-electron chi connectivity index (χ2n) is 8.17. The van der Waals surface area contributed by atoms with Crippen molar-refractivity contribution in [3.63, 3.8) is 0 Å². The van der Waals surface area contributed by atoms with Crippen LogP contribution >= 0.6 is 11.3 Å². The van der Waals surface area contributed by atoms with Gasteiger partial charge in [0.2, 0.25) is 0 Å². The second-order valence-corrected chi connectivity index (χ2v) is 11.3. The Labute approximate surface area is 203 Å². The van der Waals surface area contributed by atoms with Crippen molar-refractivity contribution in [1.82, 2.24) is 8.87 Å². The van der Waals surface area contributed by atoms with Crippen LogP contribution in [0.1, 0.15) is 12.8 Å². The van der Waals surface area contributed by atoms with Crippen LogP contribution in [0.5, 0.6) is 0 Å². The van der Waals surface area contributed by atoms with Crippen molar-refractivity contribution in [2.45, 2.75) is 23.1 Å². The third kappa shape index (κ3) is 4.14. The lowest BCUT2D eigenvalue weighted by Crippen LogP contribution is -2.37. The number of halogens is 2. The quantitative estimate of drug-likeness (QED) is 0.400. The van der Waals surface area contributed by atoms with Crippen molar-refractivity contribution in [1.29, 1.82) is 0 Å². The van der Waals surface area contributed by atoms with Crippen LogP contribution in [-0.2, 0) is 10.0 Å². The lowest BCUT2D eigenvalue weighted by molar-refractivity contribution is 0.213. The number of thiophene rings is 1. The van der Waals surface area contributed by atoms with Crippen molar-refractivity contribution in [2.24, 2.45) is 0 Å². The molecule has 1 saturated heterocycles. The molecule has 2 aromatic heterocycles. The molecule has 4 aromatic rings. The molecule has 2 N–H and O–H groups in total. The largest absolute Gasteiger partial charge is 0.395 e. The molecule has 0 amide bonds. The van der Waals surface area contributed by atoms with Gasteiger partial charge in [-0.1, -0.05) is 18.2 Å². The maximum atomic E-state index is 14.5. The van der Waals surface area contributed by atoms with Gasteiger partial charge in [0.1, 0.15) is 16.5 Å². The lowest BCUT2D eigenvalue weighted by Gasteiger charge is -2.22. The van der Waals surface area contributed by atoms with Crippen LogP contribution in [0.2, 0.25) is 0 Å². The number of nitrogens with one attached hydrogen (secondary N) is 1. The van der Waals surface area contributed by atoms with Gasteiger partial charge in [0.25, 0.3) is 15.6 Å². The Hall–Kier alpha value is -3.12. The molecule has 2 aromatic carbocycles. The van der Waals surface area contributed by atoms with Gasteiger partial charge in [0, 0.05) is 30.1 Å². The summed E-state index contributed by atoms with van der Waals surface area (Å²) in [6.45, 7) is -0.0914. The number of benzene rings is 2. The Bertz CT molecular complexity index is 1570. The SMILES string of the molecule is O=c1ccc2c(Nc3ccc(F)cc3F)c(S(=O)(=O)N3CCC[C@@H]3CO)sc2n1-c1ccccc1. The average molecular weight is 518 g/mol. The number of nitrogens with zero attached hydrogens (tertiary/aromatic N) is 2. The molecule has 0 radical (unpaired) electrons. The van der Waals surface area contributed by atoms with E-state index in [-0.39, 0.29) is 34.3 Å². The summed E-state index contributed by atoms with van der Waals surface area (Å²) in [7, 11) is -4.13. The van der Waals surface area contributed by atoms with Crippen molar-refractivity contribution >= 4 is 43.0 Å². The second kappa shape index (κ2) is 9.15. The molecule has 0 spiro atoms. The van der Waals surface area contributed by atoms with E-state index in [1.165, 1.54) is 27.1 Å². The number of fused-ring (bicyclic) bond motifs is 1. The molecule has 0 unspecified atom stereocenters. The molecule has 0 saturated carbocycles. The van der Waals surface area contributed by atoms with E-state index < -0.39 is 27.7 Å². The molecule has 1 atom stereocenters. The number of sulfonamides is 1. The number of aliphatic hydroxyl groups is 1. The van der Waals surface area contributed by atoms with Gasteiger partial charge in [-0.3, -0.25) is 9.36 Å². The first-order chi connectivity index (χ1) is 16.8. The Morgan fingerprint density at radius 3 is 2.57 bits per heavy atom. The van der Waals surface area contributed by atoms with Crippen LogP contribution in [0, 0.1) is 11.6 Å². The molecule has 35 heavy (non-hydrogen) atoms. The summed E-state index contributed by atoms with van der Waals surface area (Å²) in [4.78, 5) is 13.2. The van der Waals surface area contributed by atoms with Crippen LogP contribution in [0.25, 0.3) is 15.9 Å². The molecule has 1 aliphatic heterocycles. The predicted molar refractivity (Wildman–Crippen MR) is 131 cm³/mol. The van der Waals surface area contributed by atoms with E-state index >= 15 is 0 Å². The van der Waals surface area contributed by atoms with Gasteiger partial charge in [-0.25, -0.2) is 17.2 Å². The third-order valence-corrected chi connectivity index (χ3v) is 9.63. The number of aromatic nitrogens is 1. The molecule has 0 aliphatic carbocycles. The summed E-state index contributed by atoms with van der Waals surface area (Å²) in [6.07, 6.45) is 1.12. The molecule has 5 rings (SSSR count). The highest BCUT2D eigenvalue weighted by molar-refractivity contribution is 7.91. The molecule has 7 nitrogen and oxygen atoms in total. The fourth-order valence-corrected chi connectivity index (χ4v) is 7.84. The molecule has 182 valence electrons. The van der Waals surface area contributed by atoms with Crippen LogP contribution in [0.4, 0.5) is 20.2 Å². The van der Waals surface area contributed by atoms with Crippen molar-refractivity contribution in [3.8, 4) is 5.69 Å². The summed E-state index contributed by atoms with van der Waals surface area (Å²) in [5.74, 6) is -1.66. The minimum atomic E-state index is -4.13. The first-order valence-corrected chi connectivity index (χ1v) is 13.2. The van der Waals surface area contributed by atoms with E-state index in [0.29, 0.717) is 34.8 Å². The van der Waals surface area contributed by atoms with Gasteiger partial charge < -0.3 is 10.4 Å². The van der Waals surface area contributed by atoms with Crippen LogP contribution in [0.3, 0.4) is 0 Å². The van der Waals surface area contributed by atoms with Gasteiger partial charge in [-0.05, 0) is 43.2 Å². The molecular formula is C24H21F2N3O4S2. The minimum Gasteiger partial charge on any atom is -0.395 e. The molecule has 3 heterocycles. The Morgan fingerprint density at radius 2 is 1.86 bits per heavy atom. The highest BCUT2D eigenvalue weighted by Crippen LogP contribution is 2.43. The van der Waals surface area contributed by atoms with E-state index in [1.807, 2.05) is 0 Å². The summed E-state index contributed by atoms with van der Waals surface area (Å²) in [5, 5.41) is 13.0. The summed E-state index contributed by atoms with van der Waals surface area (Å²) >= 11 is 0.887. The van der Waals surface area contributed by atoms with Gasteiger partial charge in [0.05, 0.1) is 23.7 Å². The molecule has 1 aliphatic rings. The number of hydrogen-bond acceptors (Lipinski definition) is 6. The zero-order chi connectivity index (χ0) is 24.7. The number of pyridine rings is 1. The molecule has 1 fully saturated rings. The van der Waals surface area contributed by atoms with Crippen molar-refractivity contribution in [3.05, 3.63) is 82.7 Å². The van der Waals surface area contributed by atoms with Crippen LogP contribution < -0.4 is 10.9 Å². The zero-order valence-corrected chi connectivity index (χ0v) is 20.0. The Morgan fingerprint density at radius 1 is 1.09 bits per heavy atom. The maximum Gasteiger partial charge on any atom is 0.256 e. The first kappa shape index (κ1) is 23.6. The van der Waals surface area contributed by atoms with Crippen molar-refractivity contribution < 1.29 is 22.3 Å². The molecular weight excluding hydrogens is 496 g/mol. The van der Waals surface area contributed by atoms with Crippen LogP contribution in [-0.4, -0.2) is 41.6 Å². The summed E-state index contributed by atoms with van der Waals surface area (Å²) < 4.78 is 58.2. The lowest BCUT2D eigenvalue weighted by atomic mass is 10.2. The number of para-hydroxylation sites is 1. The number of aliphatic hydroxyl groups excluding tert-OH is 1. The number of anilines is 2. The van der Waals surface area contributed by atoms with Crippen LogP contribution in [0.15, 0.2) is 69.7 Å². The zero-order valence-electron chi connectivity index (χ0n) is 18.3. The van der Waals surface area contributed by atoms with E-state index in [2.05, 4.69) is 5.32 Å². The predicted octanol–water partition coefficient (Wildman–Crippen LogP) is 4.22. The first-order valence-electron chi connectivity index (χ1n) is 10.9. The average Bonchev–Trinajstić information content (AvgIpc) is 3.47. The highest BCUT2D eigenvalue weighted by Gasteiger charge is 2.38. The highest BCUT2D eigenvalue weighted by atomic mass is 32.2. The van der Waals surface area contributed by atoms with E-state index in [0.717, 1.165) is 17.4 Å². The number of rotatable bonds is 6. The Kier molecular flexibility index (Phi) is 6.18. The standard InChI is InChI=1S/C24H21F2N3O4S2/c25-15-8-10-20(19(26)13-15)27-22-18-9-11-21(31)29(16-5-2-1-3-6-16)23(18)34-24(22)35(32,33)28-12-4-7-17(28)14-30/h1-3,5-6,8-11,13,17,27,30H,4,7,12,14H2/t17-/m1/s1. The van der Waals surface area contributed by atoms with E-state index in [4.69, 9.17) is 0 Å². The normalized spacial score (nSPS) is 16.7. The van der Waals surface area contributed by atoms with E-state index in [9.17, 15) is 27.1 Å². The molecule has 11 heteroatoms. The fraction of sp³-hybridized carbons (Fsp3) is 0.208. The van der Waals surface area contributed by atoms with Gasteiger partial charge in [-0.2, -0.15) is 4.31 Å². The van der Waals surface area contributed by atoms with Gasteiger partial charge in [0.15, 0.2) is 4.21 Å². The molecule has 0 bridgehead atoms. The Balaban J connectivity index is 1.78. The summed E-state index contributed by atoms with van der Waals surface area (Å²) in [5.41, 5.74) is 0.161. The van der Waals surface area contributed by atoms with E-state index in [1.54, 1.807) is 30.3 Å². The monoisotopic (exact) mass is 517 g/mol. The maximum absolute atomic E-state index is 14.5. The summed E-state index contributed by atoms with van der Waals surface area (Å²) in [6, 6.07) is 14.0. The topological polar surface area (TPSA) is 91.6 Å². The smallest absolute Gasteiger partial charge is 0.256 e. The van der Waals surface area contributed by atoms with Crippen molar-refractivity contribution in [2.75, 3.05) is 18.5 Å².